The van der Waals surface area contributed by atoms with Crippen molar-refractivity contribution in [3.05, 3.63) is 107 Å². The molecule has 0 fully saturated rings. The monoisotopic (exact) mass is 442 g/mol. The van der Waals surface area contributed by atoms with Gasteiger partial charge in [-0.05, 0) is 57.2 Å². The molecule has 0 aliphatic heterocycles. The van der Waals surface area contributed by atoms with Gasteiger partial charge in [0, 0.05) is 5.92 Å². The fourth-order valence-electron chi connectivity index (χ4n) is 4.17. The summed E-state index contributed by atoms with van der Waals surface area (Å²) in [6.07, 6.45) is 2.80. The number of hydrogen-bond acceptors (Lipinski definition) is 2. The van der Waals surface area contributed by atoms with E-state index in [0.29, 0.717) is 12.4 Å². The van der Waals surface area contributed by atoms with Crippen LogP contribution in [0, 0.1) is 0 Å². The third-order valence-corrected chi connectivity index (χ3v) is 6.08. The third kappa shape index (κ3) is 6.07. The highest BCUT2D eigenvalue weighted by molar-refractivity contribution is 5.52. The van der Waals surface area contributed by atoms with Crippen molar-refractivity contribution in [1.82, 2.24) is 0 Å². The van der Waals surface area contributed by atoms with Crippen molar-refractivity contribution in [3.8, 4) is 11.5 Å². The van der Waals surface area contributed by atoms with Gasteiger partial charge in [-0.2, -0.15) is 0 Å². The predicted molar refractivity (Wildman–Crippen MR) is 139 cm³/mol. The van der Waals surface area contributed by atoms with E-state index in [1.165, 1.54) is 11.1 Å². The van der Waals surface area contributed by atoms with Crippen LogP contribution in [0.3, 0.4) is 0 Å². The lowest BCUT2D eigenvalue weighted by molar-refractivity contribution is 0.306. The van der Waals surface area contributed by atoms with Gasteiger partial charge in [0.2, 0.25) is 0 Å². The average Bonchev–Trinajstić information content (AvgIpc) is 2.76. The van der Waals surface area contributed by atoms with Gasteiger partial charge in [-0.3, -0.25) is 0 Å². The molecule has 0 radical (unpaired) electrons. The molecule has 174 valence electrons. The standard InChI is InChI=1S/C31H38O2/c1-8-12-26(23-15-17-25(18-16-23)33-21-22-13-10-9-11-14-22)24-19-27(30(2,3)4)29(32)28(20-24)31(5,6)7/h8-11,13-20,26,32H,1,12,21H2,2-7H3. The van der Waals surface area contributed by atoms with E-state index in [9.17, 15) is 5.11 Å². The molecule has 3 rings (SSSR count). The Balaban J connectivity index is 1.96. The molecule has 1 atom stereocenters. The van der Waals surface area contributed by atoms with Crippen LogP contribution >= 0.6 is 0 Å². The Morgan fingerprint density at radius 2 is 1.36 bits per heavy atom. The zero-order valence-corrected chi connectivity index (χ0v) is 21.0. The minimum atomic E-state index is -0.159. The van der Waals surface area contributed by atoms with E-state index >= 15 is 0 Å². The highest BCUT2D eigenvalue weighted by Gasteiger charge is 2.28. The summed E-state index contributed by atoms with van der Waals surface area (Å²) in [5.41, 5.74) is 5.23. The molecule has 3 aromatic carbocycles. The van der Waals surface area contributed by atoms with E-state index in [1.807, 2.05) is 36.4 Å². The molecule has 0 spiro atoms. The number of aromatic hydroxyl groups is 1. The number of hydrogen-bond donors (Lipinski definition) is 1. The van der Waals surface area contributed by atoms with Crippen molar-refractivity contribution in [2.45, 2.75) is 71.3 Å². The van der Waals surface area contributed by atoms with Gasteiger partial charge in [0.15, 0.2) is 0 Å². The van der Waals surface area contributed by atoms with Crippen molar-refractivity contribution in [2.24, 2.45) is 0 Å². The highest BCUT2D eigenvalue weighted by atomic mass is 16.5. The molecule has 33 heavy (non-hydrogen) atoms. The largest absolute Gasteiger partial charge is 0.507 e. The molecule has 0 amide bonds. The van der Waals surface area contributed by atoms with Crippen LogP contribution in [0.15, 0.2) is 79.4 Å². The number of phenols is 1. The lowest BCUT2D eigenvalue weighted by atomic mass is 9.76. The van der Waals surface area contributed by atoms with Crippen LogP contribution in [0.2, 0.25) is 0 Å². The molecule has 2 heteroatoms. The van der Waals surface area contributed by atoms with E-state index in [-0.39, 0.29) is 16.7 Å². The summed E-state index contributed by atoms with van der Waals surface area (Å²) in [6, 6.07) is 22.9. The van der Waals surface area contributed by atoms with Crippen LogP contribution in [0.25, 0.3) is 0 Å². The fourth-order valence-corrected chi connectivity index (χ4v) is 4.17. The van der Waals surface area contributed by atoms with E-state index in [1.54, 1.807) is 0 Å². The first-order valence-electron chi connectivity index (χ1n) is 11.8. The molecule has 0 aliphatic rings. The Morgan fingerprint density at radius 3 is 1.85 bits per heavy atom. The number of phenolic OH excluding ortho intramolecular Hbond substituents is 1. The van der Waals surface area contributed by atoms with Crippen LogP contribution in [-0.2, 0) is 17.4 Å². The minimum absolute atomic E-state index is 0.159. The summed E-state index contributed by atoms with van der Waals surface area (Å²) in [5, 5.41) is 11.1. The van der Waals surface area contributed by atoms with Crippen molar-refractivity contribution in [3.63, 3.8) is 0 Å². The topological polar surface area (TPSA) is 29.5 Å². The van der Waals surface area contributed by atoms with Crippen LogP contribution in [-0.4, -0.2) is 5.11 Å². The van der Waals surface area contributed by atoms with Gasteiger partial charge in [-0.15, -0.1) is 6.58 Å². The molecule has 0 heterocycles. The summed E-state index contributed by atoms with van der Waals surface area (Å²) in [4.78, 5) is 0. The van der Waals surface area contributed by atoms with E-state index in [4.69, 9.17) is 4.74 Å². The molecule has 0 aromatic heterocycles. The van der Waals surface area contributed by atoms with Gasteiger partial charge in [-0.1, -0.05) is 102 Å². The first kappa shape index (κ1) is 24.6. The smallest absolute Gasteiger partial charge is 0.123 e. The normalized spacial score (nSPS) is 12.9. The van der Waals surface area contributed by atoms with Crippen molar-refractivity contribution >= 4 is 0 Å². The van der Waals surface area contributed by atoms with Crippen molar-refractivity contribution < 1.29 is 9.84 Å². The van der Waals surface area contributed by atoms with Gasteiger partial charge in [0.1, 0.15) is 18.1 Å². The number of benzene rings is 3. The molecule has 0 saturated heterocycles. The minimum Gasteiger partial charge on any atom is -0.507 e. The molecule has 2 nitrogen and oxygen atoms in total. The molecule has 1 N–H and O–H groups in total. The average molecular weight is 443 g/mol. The Morgan fingerprint density at radius 1 is 0.818 bits per heavy atom. The van der Waals surface area contributed by atoms with Crippen LogP contribution in [0.5, 0.6) is 11.5 Å². The Labute approximate surface area is 200 Å². The van der Waals surface area contributed by atoms with Gasteiger partial charge < -0.3 is 9.84 Å². The zero-order chi connectivity index (χ0) is 24.2. The van der Waals surface area contributed by atoms with Gasteiger partial charge in [-0.25, -0.2) is 0 Å². The van der Waals surface area contributed by atoms with E-state index in [0.717, 1.165) is 28.9 Å². The lowest BCUT2D eigenvalue weighted by Gasteiger charge is -2.30. The Bertz CT molecular complexity index is 1030. The molecular weight excluding hydrogens is 404 g/mol. The van der Waals surface area contributed by atoms with Gasteiger partial charge in [0.25, 0.3) is 0 Å². The molecule has 1 unspecified atom stereocenters. The zero-order valence-electron chi connectivity index (χ0n) is 21.0. The van der Waals surface area contributed by atoms with Crippen LogP contribution in [0.1, 0.15) is 81.7 Å². The molecule has 3 aromatic rings. The Hall–Kier alpha value is -3.00. The number of ether oxygens (including phenoxy) is 1. The molecule has 0 bridgehead atoms. The van der Waals surface area contributed by atoms with Gasteiger partial charge in [0.05, 0.1) is 0 Å². The molecule has 0 saturated carbocycles. The quantitative estimate of drug-likeness (QED) is 0.373. The second-order valence-corrected chi connectivity index (χ2v) is 10.9. The SMILES string of the molecule is C=CCC(c1ccc(OCc2ccccc2)cc1)c1cc(C(C)(C)C)c(O)c(C(C)(C)C)c1. The fraction of sp³-hybridized carbons (Fsp3) is 0.355. The maximum atomic E-state index is 11.1. The van der Waals surface area contributed by atoms with Gasteiger partial charge >= 0.3 is 0 Å². The molecule has 0 aliphatic carbocycles. The molecular formula is C31H38O2. The maximum Gasteiger partial charge on any atom is 0.123 e. The van der Waals surface area contributed by atoms with Crippen molar-refractivity contribution in [2.75, 3.05) is 0 Å². The lowest BCUT2D eigenvalue weighted by Crippen LogP contribution is -2.18. The second kappa shape index (κ2) is 9.87. The van der Waals surface area contributed by atoms with Crippen LogP contribution < -0.4 is 4.74 Å². The first-order valence-corrected chi connectivity index (χ1v) is 11.8. The first-order chi connectivity index (χ1) is 15.5. The van der Waals surface area contributed by atoms with Crippen molar-refractivity contribution in [1.29, 1.82) is 0 Å². The summed E-state index contributed by atoms with van der Waals surface area (Å²) < 4.78 is 5.98. The maximum absolute atomic E-state index is 11.1. The second-order valence-electron chi connectivity index (χ2n) is 10.9. The summed E-state index contributed by atoms with van der Waals surface area (Å²) in [7, 11) is 0. The van der Waals surface area contributed by atoms with E-state index in [2.05, 4.69) is 84.5 Å². The van der Waals surface area contributed by atoms with E-state index < -0.39 is 0 Å². The predicted octanol–water partition coefficient (Wildman–Crippen LogP) is 8.27. The Kier molecular flexibility index (Phi) is 7.37. The third-order valence-electron chi connectivity index (χ3n) is 6.08. The highest BCUT2D eigenvalue weighted by Crippen LogP contribution is 2.42. The number of rotatable bonds is 7. The summed E-state index contributed by atoms with van der Waals surface area (Å²) in [5.74, 6) is 1.44. The summed E-state index contributed by atoms with van der Waals surface area (Å²) >= 11 is 0. The van der Waals surface area contributed by atoms with Crippen LogP contribution in [0.4, 0.5) is 0 Å². The number of allylic oxidation sites excluding steroid dienone is 1. The summed E-state index contributed by atoms with van der Waals surface area (Å²) in [6.45, 7) is 17.5.